The van der Waals surface area contributed by atoms with Crippen molar-refractivity contribution in [3.63, 3.8) is 0 Å². The zero-order chi connectivity index (χ0) is 29.1. The van der Waals surface area contributed by atoms with Gasteiger partial charge in [0.05, 0.1) is 41.6 Å². The van der Waals surface area contributed by atoms with Crippen molar-refractivity contribution in [2.75, 3.05) is 62.0 Å². The van der Waals surface area contributed by atoms with E-state index in [1.807, 2.05) is 48.3 Å². The van der Waals surface area contributed by atoms with Crippen LogP contribution < -0.4 is 20.3 Å². The lowest BCUT2D eigenvalue weighted by atomic mass is 10.1. The summed E-state index contributed by atoms with van der Waals surface area (Å²) < 4.78 is 13.2. The van der Waals surface area contributed by atoms with Gasteiger partial charge in [0.1, 0.15) is 17.9 Å². The van der Waals surface area contributed by atoms with Gasteiger partial charge in [-0.1, -0.05) is 18.7 Å². The molecule has 4 aromatic rings. The fraction of sp³-hybridized carbons (Fsp3) is 0.355. The van der Waals surface area contributed by atoms with Gasteiger partial charge in [-0.05, 0) is 31.1 Å². The van der Waals surface area contributed by atoms with Crippen LogP contribution >= 0.6 is 0 Å². The molecule has 218 valence electrons. The Labute approximate surface area is 245 Å². The maximum atomic E-state index is 12.5. The molecule has 11 nitrogen and oxygen atoms in total. The highest BCUT2D eigenvalue weighted by Gasteiger charge is 2.27. The number of rotatable bonds is 8. The molecule has 2 aromatic carbocycles. The van der Waals surface area contributed by atoms with E-state index in [2.05, 4.69) is 48.1 Å². The summed E-state index contributed by atoms with van der Waals surface area (Å²) in [6, 6.07) is 12.5. The third kappa shape index (κ3) is 5.79. The number of carbonyl (C=O) groups excluding carboxylic acids is 1. The van der Waals surface area contributed by atoms with Gasteiger partial charge in [0, 0.05) is 75.6 Å². The molecular weight excluding hydrogens is 532 g/mol. The lowest BCUT2D eigenvalue weighted by molar-refractivity contribution is -0.111. The molecule has 2 saturated heterocycles. The zero-order valence-corrected chi connectivity index (χ0v) is 24.0. The summed E-state index contributed by atoms with van der Waals surface area (Å²) in [6.07, 6.45) is 6.82. The largest absolute Gasteiger partial charge is 0.494 e. The maximum absolute atomic E-state index is 12.5. The molecule has 11 heteroatoms. The van der Waals surface area contributed by atoms with Crippen LogP contribution in [0.5, 0.6) is 5.75 Å². The van der Waals surface area contributed by atoms with Gasteiger partial charge >= 0.3 is 0 Å². The number of ether oxygens (including phenoxy) is 2. The van der Waals surface area contributed by atoms with E-state index in [-0.39, 0.29) is 5.91 Å². The minimum Gasteiger partial charge on any atom is -0.494 e. The topological polar surface area (TPSA) is 110 Å². The Hall–Kier alpha value is -4.48. The molecular formula is C31H36N8O3. The maximum Gasteiger partial charge on any atom is 0.247 e. The standard InChI is InChI=1S/C31H36N8O3/c1-4-31(40)36-25-16-26(29(41-3)18-28(25)39-11-9-38(10-12-39)23-7-13-42-14-8-23)35-30-17-24(32-20-33-30)21-5-6-22-19-34-37(2)27(22)15-21/h4-6,15-20,23H,1,7-14H2,2-3H3,(H,36,40)(H,32,33,35). The van der Waals surface area contributed by atoms with Crippen molar-refractivity contribution >= 4 is 39.7 Å². The van der Waals surface area contributed by atoms with Gasteiger partial charge in [0.15, 0.2) is 0 Å². The van der Waals surface area contributed by atoms with E-state index in [1.165, 1.54) is 12.4 Å². The lowest BCUT2D eigenvalue weighted by Crippen LogP contribution is -2.51. The molecule has 42 heavy (non-hydrogen) atoms. The summed E-state index contributed by atoms with van der Waals surface area (Å²) in [6.45, 7) is 8.91. The second-order valence-electron chi connectivity index (χ2n) is 10.6. The van der Waals surface area contributed by atoms with Crippen molar-refractivity contribution < 1.29 is 14.3 Å². The van der Waals surface area contributed by atoms with Crippen molar-refractivity contribution in [2.24, 2.45) is 7.05 Å². The second-order valence-corrected chi connectivity index (χ2v) is 10.6. The normalized spacial score (nSPS) is 16.4. The molecule has 2 aromatic heterocycles. The highest BCUT2D eigenvalue weighted by molar-refractivity contribution is 6.02. The number of aromatic nitrogens is 4. The minimum atomic E-state index is -0.275. The van der Waals surface area contributed by atoms with E-state index < -0.39 is 0 Å². The first-order chi connectivity index (χ1) is 20.5. The molecule has 0 saturated carbocycles. The fourth-order valence-electron chi connectivity index (χ4n) is 5.78. The Bertz CT molecular complexity index is 1590. The number of hydrogen-bond donors (Lipinski definition) is 2. The first-order valence-electron chi connectivity index (χ1n) is 14.3. The fourth-order valence-corrected chi connectivity index (χ4v) is 5.78. The Kier molecular flexibility index (Phi) is 8.02. The van der Waals surface area contributed by atoms with E-state index >= 15 is 0 Å². The van der Waals surface area contributed by atoms with E-state index in [0.717, 1.165) is 80.1 Å². The van der Waals surface area contributed by atoms with Crippen molar-refractivity contribution in [3.05, 3.63) is 61.6 Å². The SMILES string of the molecule is C=CC(=O)Nc1cc(Nc2cc(-c3ccc4cnn(C)c4c3)ncn2)c(OC)cc1N1CCN(C2CCOCC2)CC1. The molecule has 0 bridgehead atoms. The Balaban J connectivity index is 1.26. The molecule has 6 rings (SSSR count). The summed E-state index contributed by atoms with van der Waals surface area (Å²) in [7, 11) is 3.56. The number of piperazine rings is 1. The van der Waals surface area contributed by atoms with Crippen molar-refractivity contribution in [3.8, 4) is 17.0 Å². The predicted octanol–water partition coefficient (Wildman–Crippen LogP) is 4.21. The summed E-state index contributed by atoms with van der Waals surface area (Å²) >= 11 is 0. The molecule has 2 N–H and O–H groups in total. The van der Waals surface area contributed by atoms with Gasteiger partial charge in [-0.3, -0.25) is 14.4 Å². The number of carbonyl (C=O) groups is 1. The quantitative estimate of drug-likeness (QED) is 0.302. The number of fused-ring (bicyclic) bond motifs is 1. The molecule has 4 heterocycles. The number of anilines is 4. The number of methoxy groups -OCH3 is 1. The molecule has 0 aliphatic carbocycles. The van der Waals surface area contributed by atoms with Crippen LogP contribution in [0.15, 0.2) is 61.6 Å². The highest BCUT2D eigenvalue weighted by atomic mass is 16.5. The summed E-state index contributed by atoms with van der Waals surface area (Å²) in [5.41, 5.74) is 5.01. The van der Waals surface area contributed by atoms with Gasteiger partial charge < -0.3 is 25.0 Å². The number of amides is 1. The van der Waals surface area contributed by atoms with Crippen LogP contribution in [0, 0.1) is 0 Å². The number of nitrogens with zero attached hydrogens (tertiary/aromatic N) is 6. The second kappa shape index (κ2) is 12.2. The van der Waals surface area contributed by atoms with Gasteiger partial charge in [0.2, 0.25) is 5.91 Å². The molecule has 2 aliphatic rings. The van der Waals surface area contributed by atoms with Crippen LogP contribution in [0.25, 0.3) is 22.2 Å². The van der Waals surface area contributed by atoms with Gasteiger partial charge in [-0.2, -0.15) is 5.10 Å². The van der Waals surface area contributed by atoms with Crippen molar-refractivity contribution in [1.82, 2.24) is 24.6 Å². The average molecular weight is 569 g/mol. The van der Waals surface area contributed by atoms with Crippen molar-refractivity contribution in [2.45, 2.75) is 18.9 Å². The number of aryl methyl sites for hydroxylation is 1. The number of benzene rings is 2. The van der Waals surface area contributed by atoms with E-state index in [1.54, 1.807) is 7.11 Å². The van der Waals surface area contributed by atoms with Crippen molar-refractivity contribution in [1.29, 1.82) is 0 Å². The monoisotopic (exact) mass is 568 g/mol. The first kappa shape index (κ1) is 27.7. The Morgan fingerprint density at radius 2 is 1.88 bits per heavy atom. The molecule has 0 spiro atoms. The van der Waals surface area contributed by atoms with E-state index in [4.69, 9.17) is 9.47 Å². The summed E-state index contributed by atoms with van der Waals surface area (Å²) in [4.78, 5) is 26.3. The Morgan fingerprint density at radius 3 is 2.64 bits per heavy atom. The Morgan fingerprint density at radius 1 is 1.07 bits per heavy atom. The van der Waals surface area contributed by atoms with Gasteiger partial charge in [-0.15, -0.1) is 0 Å². The molecule has 0 unspecified atom stereocenters. The molecule has 2 aliphatic heterocycles. The van der Waals surface area contributed by atoms with Gasteiger partial charge in [0.25, 0.3) is 0 Å². The molecule has 0 radical (unpaired) electrons. The van der Waals surface area contributed by atoms with E-state index in [0.29, 0.717) is 29.0 Å². The van der Waals surface area contributed by atoms with Crippen LogP contribution in [-0.2, 0) is 16.6 Å². The zero-order valence-electron chi connectivity index (χ0n) is 24.0. The van der Waals surface area contributed by atoms with E-state index in [9.17, 15) is 4.79 Å². The van der Waals surface area contributed by atoms with Crippen LogP contribution in [0.4, 0.5) is 22.9 Å². The van der Waals surface area contributed by atoms with Crippen LogP contribution in [0.3, 0.4) is 0 Å². The minimum absolute atomic E-state index is 0.275. The molecule has 2 fully saturated rings. The number of nitrogens with one attached hydrogen (secondary N) is 2. The van der Waals surface area contributed by atoms with Crippen LogP contribution in [0.1, 0.15) is 12.8 Å². The third-order valence-corrected chi connectivity index (χ3v) is 8.10. The first-order valence-corrected chi connectivity index (χ1v) is 14.3. The predicted molar refractivity (Wildman–Crippen MR) is 164 cm³/mol. The van der Waals surface area contributed by atoms with Crippen LogP contribution in [-0.4, -0.2) is 83.1 Å². The number of hydrogen-bond acceptors (Lipinski definition) is 9. The third-order valence-electron chi connectivity index (χ3n) is 8.10. The molecule has 1 amide bonds. The lowest BCUT2D eigenvalue weighted by Gasteiger charge is -2.42. The summed E-state index contributed by atoms with van der Waals surface area (Å²) in [5.74, 6) is 0.968. The summed E-state index contributed by atoms with van der Waals surface area (Å²) in [5, 5.41) is 11.8. The van der Waals surface area contributed by atoms with Gasteiger partial charge in [-0.25, -0.2) is 9.97 Å². The van der Waals surface area contributed by atoms with Crippen LogP contribution in [0.2, 0.25) is 0 Å². The smallest absolute Gasteiger partial charge is 0.247 e. The average Bonchev–Trinajstić information content (AvgIpc) is 3.41. The molecule has 0 atom stereocenters. The highest BCUT2D eigenvalue weighted by Crippen LogP contribution is 2.39.